The van der Waals surface area contributed by atoms with Crippen LogP contribution in [0, 0.1) is 0 Å². The summed E-state index contributed by atoms with van der Waals surface area (Å²) in [4.78, 5) is 29.5. The third kappa shape index (κ3) is 5.98. The quantitative estimate of drug-likeness (QED) is 0.232. The normalized spacial score (nSPS) is 11.5. The highest BCUT2D eigenvalue weighted by Gasteiger charge is 2.16. The number of benzene rings is 2. The summed E-state index contributed by atoms with van der Waals surface area (Å²) in [5, 5.41) is 21.5. The minimum atomic E-state index is -0.977. The van der Waals surface area contributed by atoms with Gasteiger partial charge in [0.25, 0.3) is 0 Å². The van der Waals surface area contributed by atoms with Gasteiger partial charge in [-0.1, -0.05) is 55.8 Å². The maximum atomic E-state index is 12.0. The zero-order chi connectivity index (χ0) is 25.5. The number of unbranched alkanes of at least 4 members (excludes halogenated alkanes) is 1. The summed E-state index contributed by atoms with van der Waals surface area (Å²) in [6.45, 7) is 2.57. The lowest BCUT2D eigenvalue weighted by atomic mass is 9.97. The summed E-state index contributed by atoms with van der Waals surface area (Å²) >= 11 is 1.53. The molecule has 0 saturated carbocycles. The first kappa shape index (κ1) is 25.1. The molecule has 0 fully saturated rings. The van der Waals surface area contributed by atoms with Crippen LogP contribution in [0.2, 0.25) is 0 Å². The summed E-state index contributed by atoms with van der Waals surface area (Å²) in [5.74, 6) is -1.05. The highest BCUT2D eigenvalue weighted by atomic mass is 32.1. The van der Waals surface area contributed by atoms with Crippen LogP contribution in [-0.4, -0.2) is 31.7 Å². The van der Waals surface area contributed by atoms with Crippen LogP contribution in [-0.2, 0) is 24.2 Å². The van der Waals surface area contributed by atoms with E-state index in [0.717, 1.165) is 46.8 Å². The molecule has 2 N–H and O–H groups in total. The van der Waals surface area contributed by atoms with Crippen LogP contribution in [0.1, 0.15) is 52.1 Å². The predicted molar refractivity (Wildman–Crippen MR) is 142 cm³/mol. The fourth-order valence-corrected chi connectivity index (χ4v) is 4.87. The Kier molecular flexibility index (Phi) is 8.13. The highest BCUT2D eigenvalue weighted by Crippen LogP contribution is 2.27. The maximum absolute atomic E-state index is 12.0. The molecule has 0 atom stereocenters. The first-order valence-corrected chi connectivity index (χ1v) is 12.8. The molecule has 2 aromatic heterocycles. The molecule has 6 nitrogen and oxygen atoms in total. The molecule has 0 aliphatic rings. The van der Waals surface area contributed by atoms with Crippen LogP contribution in [0.5, 0.6) is 0 Å². The van der Waals surface area contributed by atoms with Crippen molar-refractivity contribution < 1.29 is 19.8 Å². The van der Waals surface area contributed by atoms with E-state index in [4.69, 9.17) is 0 Å². The molecular weight excluding hydrogens is 472 g/mol. The topological polar surface area (TPSA) is 92.4 Å². The summed E-state index contributed by atoms with van der Waals surface area (Å²) in [7, 11) is 0. The molecule has 0 radical (unpaired) electrons. The van der Waals surface area contributed by atoms with Crippen LogP contribution in [0.4, 0.5) is 0 Å². The Morgan fingerprint density at radius 1 is 1.06 bits per heavy atom. The smallest absolute Gasteiger partial charge is 0.336 e. The average Bonchev–Trinajstić information content (AvgIpc) is 3.53. The molecule has 2 heterocycles. The van der Waals surface area contributed by atoms with Crippen molar-refractivity contribution in [2.24, 2.45) is 0 Å². The number of carboxylic acids is 2. The molecule has 0 spiro atoms. The van der Waals surface area contributed by atoms with Gasteiger partial charge in [-0.2, -0.15) is 0 Å². The number of aromatic carboxylic acids is 1. The Morgan fingerprint density at radius 2 is 1.86 bits per heavy atom. The van der Waals surface area contributed by atoms with Crippen molar-refractivity contribution in [1.82, 2.24) is 9.55 Å². The number of aryl methyl sites for hydroxylation is 1. The average molecular weight is 501 g/mol. The first-order valence-electron chi connectivity index (χ1n) is 11.9. The van der Waals surface area contributed by atoms with Crippen molar-refractivity contribution in [3.05, 3.63) is 105 Å². The molecule has 0 bridgehead atoms. The van der Waals surface area contributed by atoms with Crippen LogP contribution in [0.15, 0.2) is 77.8 Å². The third-order valence-electron chi connectivity index (χ3n) is 6.00. The minimum absolute atomic E-state index is 0.242. The Labute approximate surface area is 214 Å². The van der Waals surface area contributed by atoms with Gasteiger partial charge in [-0.15, -0.1) is 11.3 Å². The monoisotopic (exact) mass is 500 g/mol. The Balaban J connectivity index is 1.74. The van der Waals surface area contributed by atoms with E-state index < -0.39 is 11.9 Å². The first-order chi connectivity index (χ1) is 17.5. The van der Waals surface area contributed by atoms with Gasteiger partial charge < -0.3 is 14.8 Å². The zero-order valence-corrected chi connectivity index (χ0v) is 20.9. The molecule has 2 aromatic carbocycles. The van der Waals surface area contributed by atoms with Gasteiger partial charge in [0.1, 0.15) is 5.82 Å². The molecular formula is C29H28N2O4S. The SMILES string of the molecule is CCCCc1ncc(/C=C(\Cc2cccs2)C(=O)O)n1Cc1ccc(C(=O)O)c(-c2ccccc2)c1. The van der Waals surface area contributed by atoms with E-state index in [2.05, 4.69) is 11.9 Å². The molecule has 7 heteroatoms. The van der Waals surface area contributed by atoms with Crippen molar-refractivity contribution in [3.8, 4) is 11.1 Å². The Hall–Kier alpha value is -3.97. The predicted octanol–water partition coefficient (Wildman–Crippen LogP) is 6.41. The molecule has 0 saturated heterocycles. The number of rotatable bonds is 11. The van der Waals surface area contributed by atoms with Crippen molar-refractivity contribution in [2.45, 2.75) is 39.2 Å². The van der Waals surface area contributed by atoms with Crippen LogP contribution >= 0.6 is 11.3 Å². The van der Waals surface area contributed by atoms with E-state index >= 15 is 0 Å². The molecule has 0 aliphatic heterocycles. The maximum Gasteiger partial charge on any atom is 0.336 e. The summed E-state index contributed by atoms with van der Waals surface area (Å²) in [6, 6.07) is 18.7. The summed E-state index contributed by atoms with van der Waals surface area (Å²) in [5.41, 5.74) is 3.66. The second-order valence-corrected chi connectivity index (χ2v) is 9.60. The van der Waals surface area contributed by atoms with Crippen LogP contribution in [0.25, 0.3) is 17.2 Å². The number of carbonyl (C=O) groups is 2. The largest absolute Gasteiger partial charge is 0.478 e. The number of hydrogen-bond acceptors (Lipinski definition) is 4. The lowest BCUT2D eigenvalue weighted by Gasteiger charge is -2.14. The number of thiophene rings is 1. The van der Waals surface area contributed by atoms with E-state index in [1.54, 1.807) is 18.3 Å². The minimum Gasteiger partial charge on any atom is -0.478 e. The number of nitrogens with zero attached hydrogens (tertiary/aromatic N) is 2. The highest BCUT2D eigenvalue weighted by molar-refractivity contribution is 7.09. The molecule has 4 rings (SSSR count). The van der Waals surface area contributed by atoms with Gasteiger partial charge in [0, 0.05) is 29.8 Å². The van der Waals surface area contributed by atoms with Gasteiger partial charge in [0.05, 0.1) is 17.5 Å². The number of carboxylic acid groups (broad SMARTS) is 2. The fraction of sp³-hybridized carbons (Fsp3) is 0.207. The molecule has 0 amide bonds. The van der Waals surface area contributed by atoms with E-state index in [1.807, 2.05) is 64.5 Å². The van der Waals surface area contributed by atoms with E-state index in [0.29, 0.717) is 24.1 Å². The molecule has 0 unspecified atom stereocenters. The van der Waals surface area contributed by atoms with Gasteiger partial charge >= 0.3 is 11.9 Å². The number of aliphatic carboxylic acids is 1. The van der Waals surface area contributed by atoms with Crippen molar-refractivity contribution in [3.63, 3.8) is 0 Å². The Morgan fingerprint density at radius 3 is 2.53 bits per heavy atom. The Bertz CT molecular complexity index is 1370. The second-order valence-electron chi connectivity index (χ2n) is 8.57. The summed E-state index contributed by atoms with van der Waals surface area (Å²) < 4.78 is 2.04. The third-order valence-corrected chi connectivity index (χ3v) is 6.88. The van der Waals surface area contributed by atoms with Crippen molar-refractivity contribution in [1.29, 1.82) is 0 Å². The van der Waals surface area contributed by atoms with Gasteiger partial charge in [0.15, 0.2) is 0 Å². The molecule has 4 aromatic rings. The van der Waals surface area contributed by atoms with Crippen LogP contribution < -0.4 is 0 Å². The molecule has 0 aliphatic carbocycles. The molecule has 36 heavy (non-hydrogen) atoms. The second kappa shape index (κ2) is 11.6. The van der Waals surface area contributed by atoms with Gasteiger partial charge in [-0.3, -0.25) is 0 Å². The van der Waals surface area contributed by atoms with Crippen molar-refractivity contribution in [2.75, 3.05) is 0 Å². The van der Waals surface area contributed by atoms with E-state index in [9.17, 15) is 19.8 Å². The van der Waals surface area contributed by atoms with E-state index in [-0.39, 0.29) is 5.56 Å². The number of aromatic nitrogens is 2. The number of imidazole rings is 1. The molecule has 184 valence electrons. The van der Waals surface area contributed by atoms with Gasteiger partial charge in [-0.05, 0) is 52.8 Å². The lowest BCUT2D eigenvalue weighted by molar-refractivity contribution is -0.132. The van der Waals surface area contributed by atoms with Crippen molar-refractivity contribution >= 4 is 29.4 Å². The van der Waals surface area contributed by atoms with E-state index in [1.165, 1.54) is 11.3 Å². The number of hydrogen-bond donors (Lipinski definition) is 2. The van der Waals surface area contributed by atoms with Crippen LogP contribution in [0.3, 0.4) is 0 Å². The lowest BCUT2D eigenvalue weighted by Crippen LogP contribution is -2.10. The van der Waals surface area contributed by atoms with Gasteiger partial charge in [-0.25, -0.2) is 14.6 Å². The standard InChI is InChI=1S/C29H28N2O4S/c1-2-3-11-27-30-18-23(16-22(28(32)33)17-24-10-7-14-36-24)31(27)19-20-12-13-25(29(34)35)26(15-20)21-8-5-4-6-9-21/h4-10,12-16,18H,2-3,11,17,19H2,1H3,(H,32,33)(H,34,35)/b22-16+. The van der Waals surface area contributed by atoms with Gasteiger partial charge in [0.2, 0.25) is 0 Å². The zero-order valence-electron chi connectivity index (χ0n) is 20.1. The fourth-order valence-electron chi connectivity index (χ4n) is 4.14. The summed E-state index contributed by atoms with van der Waals surface area (Å²) in [6.07, 6.45) is 6.53.